The first-order valence-electron chi connectivity index (χ1n) is 4.20. The first kappa shape index (κ1) is 11.9. The number of nitrogens with one attached hydrogen (secondary N) is 1. The number of hydrogen-bond donors (Lipinski definition) is 2. The molecule has 1 rings (SSSR count). The van der Waals surface area contributed by atoms with Gasteiger partial charge in [0.25, 0.3) is 5.91 Å². The third-order valence-corrected chi connectivity index (χ3v) is 1.96. The van der Waals surface area contributed by atoms with Crippen LogP contribution in [0.2, 0.25) is 0 Å². The predicted molar refractivity (Wildman–Crippen MR) is 58.4 cm³/mol. The molecule has 0 saturated heterocycles. The first-order valence-corrected chi connectivity index (χ1v) is 4.99. The summed E-state index contributed by atoms with van der Waals surface area (Å²) in [5.74, 6) is -0.258. The Morgan fingerprint density at radius 1 is 1.73 bits per heavy atom. The molecule has 7 heteroatoms. The van der Waals surface area contributed by atoms with Gasteiger partial charge in [-0.2, -0.15) is 0 Å². The van der Waals surface area contributed by atoms with E-state index < -0.39 is 0 Å². The Bertz CT molecular complexity index is 358. The van der Waals surface area contributed by atoms with Crippen LogP contribution in [0.1, 0.15) is 10.5 Å². The highest BCUT2D eigenvalue weighted by molar-refractivity contribution is 9.10. The second-order valence-electron chi connectivity index (χ2n) is 2.68. The van der Waals surface area contributed by atoms with Gasteiger partial charge in [0.1, 0.15) is 4.60 Å². The number of anilines is 1. The summed E-state index contributed by atoms with van der Waals surface area (Å²) in [6.07, 6.45) is 1.43. The van der Waals surface area contributed by atoms with Gasteiger partial charge in [-0.15, -0.1) is 0 Å². The highest BCUT2D eigenvalue weighted by Gasteiger charge is 2.12. The molecule has 0 bridgehead atoms. The molecule has 0 aliphatic carbocycles. The minimum absolute atomic E-state index is 0.105. The number of nitrogens with zero attached hydrogens (tertiary/aromatic N) is 2. The lowest BCUT2D eigenvalue weighted by molar-refractivity contribution is 0.0932. The van der Waals surface area contributed by atoms with Crippen molar-refractivity contribution in [2.24, 2.45) is 0 Å². The fourth-order valence-electron chi connectivity index (χ4n) is 0.894. The lowest BCUT2D eigenvalue weighted by Gasteiger charge is -2.05. The van der Waals surface area contributed by atoms with Gasteiger partial charge in [-0.05, 0) is 15.9 Å². The minimum Gasteiger partial charge on any atom is -0.383 e. The number of nitrogen functional groups attached to an aromatic ring is 1. The zero-order chi connectivity index (χ0) is 11.3. The van der Waals surface area contributed by atoms with Crippen LogP contribution in [-0.4, -0.2) is 36.1 Å². The van der Waals surface area contributed by atoms with E-state index in [0.29, 0.717) is 17.8 Å². The summed E-state index contributed by atoms with van der Waals surface area (Å²) < 4.78 is 5.26. The van der Waals surface area contributed by atoms with Gasteiger partial charge in [0.05, 0.1) is 12.8 Å². The Morgan fingerprint density at radius 3 is 3.13 bits per heavy atom. The number of methoxy groups -OCH3 is 1. The Hall–Kier alpha value is -1.21. The average Bonchev–Trinajstić information content (AvgIpc) is 2.22. The number of ether oxygens (including phenoxy) is 1. The molecule has 0 saturated carbocycles. The Kier molecular flexibility index (Phi) is 4.44. The van der Waals surface area contributed by atoms with E-state index in [2.05, 4.69) is 31.2 Å². The maximum absolute atomic E-state index is 11.5. The Morgan fingerprint density at radius 2 is 2.47 bits per heavy atom. The normalized spacial score (nSPS) is 10.0. The van der Waals surface area contributed by atoms with Crippen LogP contribution < -0.4 is 11.1 Å². The molecule has 0 aromatic carbocycles. The number of carbonyl (C=O) groups excluding carboxylic acids is 1. The second kappa shape index (κ2) is 5.62. The van der Waals surface area contributed by atoms with E-state index in [4.69, 9.17) is 10.5 Å². The lowest BCUT2D eigenvalue weighted by atomic mass is 10.4. The van der Waals surface area contributed by atoms with Crippen molar-refractivity contribution in [3.05, 3.63) is 16.5 Å². The van der Waals surface area contributed by atoms with Gasteiger partial charge in [-0.3, -0.25) is 4.79 Å². The fourth-order valence-corrected chi connectivity index (χ4v) is 1.17. The highest BCUT2D eigenvalue weighted by Crippen LogP contribution is 2.09. The zero-order valence-electron chi connectivity index (χ0n) is 8.16. The summed E-state index contributed by atoms with van der Waals surface area (Å²) in [5, 5.41) is 2.60. The predicted octanol–water partition coefficient (Wildman–Crippen LogP) is 0.197. The van der Waals surface area contributed by atoms with Crippen LogP contribution in [0.3, 0.4) is 0 Å². The van der Waals surface area contributed by atoms with Crippen LogP contribution in [0.15, 0.2) is 10.8 Å². The molecule has 6 nitrogen and oxygen atoms in total. The molecule has 1 aromatic heterocycles. The number of hydrogen-bond acceptors (Lipinski definition) is 5. The van der Waals surface area contributed by atoms with Crippen molar-refractivity contribution in [2.45, 2.75) is 0 Å². The topological polar surface area (TPSA) is 90.1 Å². The molecular weight excluding hydrogens is 264 g/mol. The molecule has 15 heavy (non-hydrogen) atoms. The fraction of sp³-hybridized carbons (Fsp3) is 0.375. The number of halogens is 1. The zero-order valence-corrected chi connectivity index (χ0v) is 9.74. The van der Waals surface area contributed by atoms with Gasteiger partial charge in [0.2, 0.25) is 0 Å². The maximum atomic E-state index is 11.5. The SMILES string of the molecule is COCCNC(=O)c1nc(Br)cnc1N. The summed E-state index contributed by atoms with van der Waals surface area (Å²) in [4.78, 5) is 19.3. The molecule has 0 spiro atoms. The van der Waals surface area contributed by atoms with Gasteiger partial charge < -0.3 is 15.8 Å². The van der Waals surface area contributed by atoms with Crippen LogP contribution in [0, 0.1) is 0 Å². The van der Waals surface area contributed by atoms with Crippen molar-refractivity contribution in [3.8, 4) is 0 Å². The summed E-state index contributed by atoms with van der Waals surface area (Å²) in [7, 11) is 1.55. The third-order valence-electron chi connectivity index (χ3n) is 1.58. The molecule has 1 heterocycles. The van der Waals surface area contributed by atoms with Crippen LogP contribution in [0.5, 0.6) is 0 Å². The van der Waals surface area contributed by atoms with Gasteiger partial charge in [0.15, 0.2) is 11.5 Å². The Balaban J connectivity index is 2.68. The number of nitrogens with two attached hydrogens (primary N) is 1. The monoisotopic (exact) mass is 274 g/mol. The van der Waals surface area contributed by atoms with Crippen molar-refractivity contribution in [3.63, 3.8) is 0 Å². The van der Waals surface area contributed by atoms with Gasteiger partial charge in [0, 0.05) is 13.7 Å². The number of carbonyl (C=O) groups is 1. The van der Waals surface area contributed by atoms with Crippen molar-refractivity contribution in [1.29, 1.82) is 0 Å². The number of rotatable bonds is 4. The van der Waals surface area contributed by atoms with Crippen molar-refractivity contribution in [2.75, 3.05) is 26.0 Å². The van der Waals surface area contributed by atoms with Crippen molar-refractivity contribution in [1.82, 2.24) is 15.3 Å². The van der Waals surface area contributed by atoms with Crippen molar-refractivity contribution >= 4 is 27.7 Å². The number of amides is 1. The molecule has 0 aliphatic heterocycles. The van der Waals surface area contributed by atoms with E-state index in [1.807, 2.05) is 0 Å². The maximum Gasteiger partial charge on any atom is 0.273 e. The number of aromatic nitrogens is 2. The molecule has 0 aliphatic rings. The van der Waals surface area contributed by atoms with Gasteiger partial charge >= 0.3 is 0 Å². The van der Waals surface area contributed by atoms with E-state index in [1.165, 1.54) is 6.20 Å². The van der Waals surface area contributed by atoms with E-state index in [1.54, 1.807) is 7.11 Å². The second-order valence-corrected chi connectivity index (χ2v) is 3.49. The van der Waals surface area contributed by atoms with E-state index in [0.717, 1.165) is 0 Å². The standard InChI is InChI=1S/C8H11BrN4O2/c1-15-3-2-11-8(14)6-7(10)12-4-5(9)13-6/h4H,2-3H2,1H3,(H2,10,12)(H,11,14). The van der Waals surface area contributed by atoms with Crippen LogP contribution in [0.25, 0.3) is 0 Å². The largest absolute Gasteiger partial charge is 0.383 e. The van der Waals surface area contributed by atoms with Crippen LogP contribution in [-0.2, 0) is 4.74 Å². The summed E-state index contributed by atoms with van der Waals surface area (Å²) >= 11 is 3.11. The Labute approximate surface area is 95.4 Å². The molecule has 0 radical (unpaired) electrons. The molecule has 82 valence electrons. The lowest BCUT2D eigenvalue weighted by Crippen LogP contribution is -2.28. The van der Waals surface area contributed by atoms with E-state index in [-0.39, 0.29) is 17.4 Å². The first-order chi connectivity index (χ1) is 7.15. The quantitative estimate of drug-likeness (QED) is 0.766. The highest BCUT2D eigenvalue weighted by atomic mass is 79.9. The molecule has 3 N–H and O–H groups in total. The molecular formula is C8H11BrN4O2. The minimum atomic E-state index is -0.363. The van der Waals surface area contributed by atoms with Gasteiger partial charge in [-0.25, -0.2) is 9.97 Å². The van der Waals surface area contributed by atoms with Crippen LogP contribution >= 0.6 is 15.9 Å². The molecule has 1 aromatic rings. The van der Waals surface area contributed by atoms with Crippen LogP contribution in [0.4, 0.5) is 5.82 Å². The average molecular weight is 275 g/mol. The summed E-state index contributed by atoms with van der Waals surface area (Å²) in [6.45, 7) is 0.843. The van der Waals surface area contributed by atoms with E-state index in [9.17, 15) is 4.79 Å². The molecule has 0 unspecified atom stereocenters. The van der Waals surface area contributed by atoms with Crippen molar-refractivity contribution < 1.29 is 9.53 Å². The summed E-state index contributed by atoms with van der Waals surface area (Å²) in [5.41, 5.74) is 5.62. The molecule has 0 fully saturated rings. The van der Waals surface area contributed by atoms with E-state index >= 15 is 0 Å². The molecule has 1 amide bonds. The third kappa shape index (κ3) is 3.45. The van der Waals surface area contributed by atoms with Gasteiger partial charge in [-0.1, -0.05) is 0 Å². The smallest absolute Gasteiger partial charge is 0.273 e. The molecule has 0 atom stereocenters. The summed E-state index contributed by atoms with van der Waals surface area (Å²) in [6, 6.07) is 0.